The second kappa shape index (κ2) is 9.09. The van der Waals surface area contributed by atoms with E-state index < -0.39 is 0 Å². The van der Waals surface area contributed by atoms with Crippen LogP contribution in [-0.2, 0) is 24.1 Å². The lowest BCUT2D eigenvalue weighted by molar-refractivity contribution is -0.384. The molecule has 0 spiro atoms. The van der Waals surface area contributed by atoms with Crippen molar-refractivity contribution in [1.82, 2.24) is 14.9 Å². The maximum Gasteiger partial charge on any atom is 0.292 e. The Morgan fingerprint density at radius 2 is 1.76 bits per heavy atom. The predicted octanol–water partition coefficient (Wildman–Crippen LogP) is 3.25. The van der Waals surface area contributed by atoms with Gasteiger partial charge in [-0.05, 0) is 30.9 Å². The lowest BCUT2D eigenvalue weighted by Crippen LogP contribution is -2.47. The van der Waals surface area contributed by atoms with Gasteiger partial charge in [0.05, 0.1) is 30.1 Å². The number of rotatable bonds is 5. The Morgan fingerprint density at radius 1 is 1.00 bits per heavy atom. The Kier molecular flexibility index (Phi) is 5.80. The number of hydrogen-bond acceptors (Lipinski definition) is 9. The van der Waals surface area contributed by atoms with E-state index >= 15 is 0 Å². The molecule has 4 heterocycles. The Morgan fingerprint density at radius 3 is 2.56 bits per heavy atom. The summed E-state index contributed by atoms with van der Waals surface area (Å²) in [4.78, 5) is 30.8. The van der Waals surface area contributed by atoms with Crippen LogP contribution < -0.4 is 9.80 Å². The number of thiophene rings is 1. The molecule has 1 aromatic carbocycles. The maximum absolute atomic E-state index is 11.5. The van der Waals surface area contributed by atoms with Gasteiger partial charge in [-0.2, -0.15) is 0 Å². The number of para-hydroxylation sites is 2. The average molecular weight is 481 g/mol. The summed E-state index contributed by atoms with van der Waals surface area (Å²) >= 11 is 1.84. The molecule has 0 N–H and O–H groups in total. The van der Waals surface area contributed by atoms with Gasteiger partial charge in [-0.15, -0.1) is 11.3 Å². The van der Waals surface area contributed by atoms with Crippen molar-refractivity contribution in [2.24, 2.45) is 0 Å². The number of fused-ring (bicyclic) bond motifs is 3. The summed E-state index contributed by atoms with van der Waals surface area (Å²) in [5.41, 5.74) is 2.31. The number of hydrogen-bond donors (Lipinski definition) is 0. The normalized spacial score (nSPS) is 19.1. The molecule has 178 valence electrons. The molecule has 10 heteroatoms. The van der Waals surface area contributed by atoms with Gasteiger partial charge in [-0.1, -0.05) is 12.1 Å². The van der Waals surface area contributed by atoms with E-state index in [1.54, 1.807) is 12.1 Å². The Labute approximate surface area is 202 Å². The van der Waals surface area contributed by atoms with E-state index in [0.29, 0.717) is 5.69 Å². The quantitative estimate of drug-likeness (QED) is 0.406. The molecule has 2 aliphatic heterocycles. The van der Waals surface area contributed by atoms with Gasteiger partial charge in [0.25, 0.3) is 5.69 Å². The molecule has 1 aliphatic carbocycles. The third-order valence-electron chi connectivity index (χ3n) is 7.06. The summed E-state index contributed by atoms with van der Waals surface area (Å²) in [6.07, 6.45) is 3.45. The van der Waals surface area contributed by atoms with Gasteiger partial charge < -0.3 is 14.5 Å². The number of aromatic nitrogens is 2. The number of nitro benzene ring substituents is 1. The first-order valence-corrected chi connectivity index (χ1v) is 12.8. The second-order valence-electron chi connectivity index (χ2n) is 9.11. The Balaban J connectivity index is 1.29. The second-order valence-corrected chi connectivity index (χ2v) is 10.2. The van der Waals surface area contributed by atoms with E-state index in [2.05, 4.69) is 14.7 Å². The fourth-order valence-corrected chi connectivity index (χ4v) is 6.60. The van der Waals surface area contributed by atoms with Crippen molar-refractivity contribution >= 4 is 38.7 Å². The Bertz CT molecular complexity index is 1220. The molecule has 2 saturated heterocycles. The van der Waals surface area contributed by atoms with Crippen LogP contribution in [0.5, 0.6) is 0 Å². The molecule has 0 unspecified atom stereocenters. The summed E-state index contributed by atoms with van der Waals surface area (Å²) in [6.45, 7) is 7.08. The molecule has 6 rings (SSSR count). The number of ether oxygens (including phenoxy) is 1. The van der Waals surface area contributed by atoms with Crippen molar-refractivity contribution in [1.29, 1.82) is 0 Å². The molecule has 34 heavy (non-hydrogen) atoms. The highest BCUT2D eigenvalue weighted by Gasteiger charge is 2.29. The molecular weight excluding hydrogens is 452 g/mol. The van der Waals surface area contributed by atoms with Crippen LogP contribution in [0.25, 0.3) is 10.2 Å². The topological polar surface area (TPSA) is 87.9 Å². The van der Waals surface area contributed by atoms with Crippen LogP contribution in [-0.4, -0.2) is 72.3 Å². The molecule has 3 aliphatic rings. The standard InChI is InChI=1S/C24H28N6O3S/c31-30(32)19-6-2-1-5-18(19)28-8-10-29(11-9-28)23-22-17-4-3-7-20(17)34-24(22)26-21(25-23)16-27-12-14-33-15-13-27/h1-2,5-6H,3-4,7-16H2. The zero-order chi connectivity index (χ0) is 23.1. The first-order chi connectivity index (χ1) is 16.7. The van der Waals surface area contributed by atoms with Gasteiger partial charge in [0.1, 0.15) is 22.2 Å². The van der Waals surface area contributed by atoms with Crippen LogP contribution in [0, 0.1) is 10.1 Å². The maximum atomic E-state index is 11.5. The van der Waals surface area contributed by atoms with E-state index in [1.165, 1.54) is 22.2 Å². The van der Waals surface area contributed by atoms with E-state index in [9.17, 15) is 10.1 Å². The fourth-order valence-electron chi connectivity index (χ4n) is 5.32. The molecule has 0 amide bonds. The van der Waals surface area contributed by atoms with Gasteiger partial charge in [-0.3, -0.25) is 15.0 Å². The smallest absolute Gasteiger partial charge is 0.292 e. The fraction of sp³-hybridized carbons (Fsp3) is 0.500. The van der Waals surface area contributed by atoms with Gasteiger partial charge >= 0.3 is 0 Å². The van der Waals surface area contributed by atoms with Gasteiger partial charge in [0.2, 0.25) is 0 Å². The summed E-state index contributed by atoms with van der Waals surface area (Å²) in [5.74, 6) is 1.93. The molecule has 2 aromatic heterocycles. The van der Waals surface area contributed by atoms with Crippen molar-refractivity contribution in [3.05, 3.63) is 50.6 Å². The molecule has 9 nitrogen and oxygen atoms in total. The number of aryl methyl sites for hydroxylation is 2. The van der Waals surface area contributed by atoms with Gasteiger partial charge in [0.15, 0.2) is 0 Å². The lowest BCUT2D eigenvalue weighted by atomic mass is 10.1. The Hall–Kier alpha value is -2.82. The number of anilines is 2. The minimum Gasteiger partial charge on any atom is -0.379 e. The van der Waals surface area contributed by atoms with E-state index in [0.717, 1.165) is 88.3 Å². The van der Waals surface area contributed by atoms with Crippen LogP contribution in [0.3, 0.4) is 0 Å². The predicted molar refractivity (Wildman–Crippen MR) is 133 cm³/mol. The van der Waals surface area contributed by atoms with Crippen LogP contribution in [0.2, 0.25) is 0 Å². The first kappa shape index (κ1) is 21.7. The molecule has 2 fully saturated rings. The third kappa shape index (κ3) is 3.99. The van der Waals surface area contributed by atoms with Crippen LogP contribution in [0.15, 0.2) is 24.3 Å². The number of nitrogens with zero attached hydrogens (tertiary/aromatic N) is 6. The highest BCUT2D eigenvalue weighted by molar-refractivity contribution is 7.19. The SMILES string of the molecule is O=[N+]([O-])c1ccccc1N1CCN(c2nc(CN3CCOCC3)nc3sc4c(c23)CCC4)CC1. The third-order valence-corrected chi connectivity index (χ3v) is 8.24. The summed E-state index contributed by atoms with van der Waals surface area (Å²) in [6, 6.07) is 7.03. The van der Waals surface area contributed by atoms with Crippen molar-refractivity contribution in [2.45, 2.75) is 25.8 Å². The highest BCUT2D eigenvalue weighted by atomic mass is 32.1. The van der Waals surface area contributed by atoms with Crippen molar-refractivity contribution in [2.75, 3.05) is 62.3 Å². The van der Waals surface area contributed by atoms with Crippen LogP contribution >= 0.6 is 11.3 Å². The van der Waals surface area contributed by atoms with Crippen molar-refractivity contribution in [3.63, 3.8) is 0 Å². The largest absolute Gasteiger partial charge is 0.379 e. The monoisotopic (exact) mass is 480 g/mol. The summed E-state index contributed by atoms with van der Waals surface area (Å²) in [7, 11) is 0. The van der Waals surface area contributed by atoms with Gasteiger partial charge in [-0.25, -0.2) is 9.97 Å². The van der Waals surface area contributed by atoms with E-state index in [4.69, 9.17) is 14.7 Å². The molecule has 0 bridgehead atoms. The van der Waals surface area contributed by atoms with E-state index in [-0.39, 0.29) is 10.6 Å². The van der Waals surface area contributed by atoms with Crippen molar-refractivity contribution < 1.29 is 9.66 Å². The number of morpholine rings is 1. The minimum absolute atomic E-state index is 0.170. The molecular formula is C24H28N6O3S. The van der Waals surface area contributed by atoms with Crippen LogP contribution in [0.4, 0.5) is 17.2 Å². The zero-order valence-corrected chi connectivity index (χ0v) is 19.9. The summed E-state index contributed by atoms with van der Waals surface area (Å²) in [5, 5.41) is 12.8. The molecule has 0 atom stereocenters. The van der Waals surface area contributed by atoms with Gasteiger partial charge in [0, 0.05) is 50.2 Å². The molecule has 0 saturated carbocycles. The number of nitro groups is 1. The molecule has 0 radical (unpaired) electrons. The minimum atomic E-state index is -0.289. The van der Waals surface area contributed by atoms with Crippen LogP contribution in [0.1, 0.15) is 22.7 Å². The summed E-state index contributed by atoms with van der Waals surface area (Å²) < 4.78 is 5.50. The lowest BCUT2D eigenvalue weighted by Gasteiger charge is -2.37. The van der Waals surface area contributed by atoms with Crippen molar-refractivity contribution in [3.8, 4) is 0 Å². The number of benzene rings is 1. The zero-order valence-electron chi connectivity index (χ0n) is 19.1. The highest BCUT2D eigenvalue weighted by Crippen LogP contribution is 2.41. The average Bonchev–Trinajstić information content (AvgIpc) is 3.45. The number of piperazine rings is 1. The van der Waals surface area contributed by atoms with E-state index in [1.807, 2.05) is 23.5 Å². The molecule has 3 aromatic rings. The first-order valence-electron chi connectivity index (χ1n) is 12.0.